The summed E-state index contributed by atoms with van der Waals surface area (Å²) in [7, 11) is 3.14. The van der Waals surface area contributed by atoms with Crippen LogP contribution in [0.2, 0.25) is 0 Å². The highest BCUT2D eigenvalue weighted by molar-refractivity contribution is 6.06. The molecular formula is C20H20N2O4. The normalized spacial score (nSPS) is 36.5. The zero-order chi connectivity index (χ0) is 18.0. The quantitative estimate of drug-likeness (QED) is 0.473. The molecule has 2 bridgehead atoms. The van der Waals surface area contributed by atoms with Crippen molar-refractivity contribution < 1.29 is 19.1 Å². The fourth-order valence-corrected chi connectivity index (χ4v) is 5.10. The van der Waals surface area contributed by atoms with Crippen LogP contribution in [0.25, 0.3) is 0 Å². The largest absolute Gasteiger partial charge is 0.497 e. The Bertz CT molecular complexity index is 825. The summed E-state index contributed by atoms with van der Waals surface area (Å²) in [6.45, 7) is 0. The summed E-state index contributed by atoms with van der Waals surface area (Å²) in [6.07, 6.45) is 6.99. The van der Waals surface area contributed by atoms with E-state index < -0.39 is 0 Å². The van der Waals surface area contributed by atoms with E-state index >= 15 is 0 Å². The minimum absolute atomic E-state index is 0.159. The zero-order valence-electron chi connectivity index (χ0n) is 14.7. The van der Waals surface area contributed by atoms with Crippen LogP contribution in [0.5, 0.6) is 11.5 Å². The van der Waals surface area contributed by atoms with Gasteiger partial charge in [-0.05, 0) is 42.2 Å². The molecule has 6 rings (SSSR count). The van der Waals surface area contributed by atoms with Crippen molar-refractivity contribution in [1.82, 2.24) is 5.01 Å². The summed E-state index contributed by atoms with van der Waals surface area (Å²) in [6, 6.07) is 5.32. The Morgan fingerprint density at radius 1 is 1.04 bits per heavy atom. The molecule has 1 aromatic carbocycles. The zero-order valence-corrected chi connectivity index (χ0v) is 14.7. The number of ether oxygens (including phenoxy) is 2. The minimum Gasteiger partial charge on any atom is -0.497 e. The van der Waals surface area contributed by atoms with Gasteiger partial charge in [-0.1, -0.05) is 12.2 Å². The molecule has 0 spiro atoms. The fourth-order valence-electron chi connectivity index (χ4n) is 5.10. The van der Waals surface area contributed by atoms with Crippen LogP contribution in [-0.4, -0.2) is 37.3 Å². The number of hydrazone groups is 1. The fraction of sp³-hybridized carbons (Fsp3) is 0.450. The number of imide groups is 1. The second-order valence-electron chi connectivity index (χ2n) is 7.50. The maximum atomic E-state index is 12.9. The van der Waals surface area contributed by atoms with E-state index in [0.717, 1.165) is 11.4 Å². The minimum atomic E-state index is -0.226. The van der Waals surface area contributed by atoms with Crippen molar-refractivity contribution in [1.29, 1.82) is 0 Å². The first-order chi connectivity index (χ1) is 12.6. The number of hydrogen-bond acceptors (Lipinski definition) is 5. The van der Waals surface area contributed by atoms with Crippen LogP contribution in [0, 0.1) is 35.5 Å². The first kappa shape index (κ1) is 15.6. The van der Waals surface area contributed by atoms with E-state index in [9.17, 15) is 9.59 Å². The van der Waals surface area contributed by atoms with Gasteiger partial charge in [0.05, 0.1) is 32.3 Å². The van der Waals surface area contributed by atoms with Gasteiger partial charge in [-0.25, -0.2) is 0 Å². The molecule has 6 atom stereocenters. The molecule has 1 aromatic rings. The number of allylic oxidation sites excluding steroid dienone is 2. The lowest BCUT2D eigenvalue weighted by Crippen LogP contribution is -2.40. The lowest BCUT2D eigenvalue weighted by atomic mass is 9.63. The van der Waals surface area contributed by atoms with Crippen molar-refractivity contribution in [2.75, 3.05) is 14.2 Å². The number of carbonyl (C=O) groups excluding carboxylic acids is 2. The van der Waals surface area contributed by atoms with Gasteiger partial charge in [0.15, 0.2) is 0 Å². The molecule has 4 aliphatic carbocycles. The Morgan fingerprint density at radius 2 is 1.69 bits per heavy atom. The molecule has 1 heterocycles. The summed E-state index contributed by atoms with van der Waals surface area (Å²) < 4.78 is 10.5. The molecule has 0 unspecified atom stereocenters. The van der Waals surface area contributed by atoms with Crippen molar-refractivity contribution in [3.63, 3.8) is 0 Å². The molecular weight excluding hydrogens is 332 g/mol. The van der Waals surface area contributed by atoms with Gasteiger partial charge < -0.3 is 9.47 Å². The van der Waals surface area contributed by atoms with Gasteiger partial charge >= 0.3 is 0 Å². The van der Waals surface area contributed by atoms with Gasteiger partial charge in [0.1, 0.15) is 11.5 Å². The molecule has 1 aliphatic heterocycles. The number of amides is 2. The Balaban J connectivity index is 1.43. The third kappa shape index (κ3) is 2.01. The third-order valence-corrected chi connectivity index (χ3v) is 6.39. The third-order valence-electron chi connectivity index (χ3n) is 6.39. The van der Waals surface area contributed by atoms with E-state index in [2.05, 4.69) is 17.3 Å². The van der Waals surface area contributed by atoms with E-state index in [4.69, 9.17) is 9.47 Å². The van der Waals surface area contributed by atoms with Crippen molar-refractivity contribution in [2.45, 2.75) is 6.42 Å². The second-order valence-corrected chi connectivity index (χ2v) is 7.50. The summed E-state index contributed by atoms with van der Waals surface area (Å²) >= 11 is 0. The number of carbonyl (C=O) groups is 2. The Kier molecular flexibility index (Phi) is 3.26. The lowest BCUT2D eigenvalue weighted by molar-refractivity contribution is -0.140. The van der Waals surface area contributed by atoms with Gasteiger partial charge in [-0.15, -0.1) is 0 Å². The number of methoxy groups -OCH3 is 2. The van der Waals surface area contributed by atoms with Crippen molar-refractivity contribution in [2.24, 2.45) is 40.6 Å². The maximum absolute atomic E-state index is 12.9. The van der Waals surface area contributed by atoms with Crippen LogP contribution >= 0.6 is 0 Å². The van der Waals surface area contributed by atoms with Crippen LogP contribution in [-0.2, 0) is 9.59 Å². The summed E-state index contributed by atoms with van der Waals surface area (Å²) in [5, 5.41) is 5.32. The standard InChI is InChI=1S/C20H20N2O4/c1-25-11-4-3-10(16(7-11)26-2)9-21-22-19(23)17-12-5-6-13(15-8-14(12)15)18(17)20(22)24/h3-7,9,12-15,17-18H,8H2,1-2H3/b21-9-/t12-,13-,14-,15+,17-,18+/m0/s1. The van der Waals surface area contributed by atoms with Gasteiger partial charge in [0.25, 0.3) is 11.8 Å². The van der Waals surface area contributed by atoms with Gasteiger partial charge in [0, 0.05) is 11.6 Å². The van der Waals surface area contributed by atoms with Crippen molar-refractivity contribution >= 4 is 18.0 Å². The van der Waals surface area contributed by atoms with E-state index in [1.807, 2.05) is 0 Å². The Hall–Kier alpha value is -2.63. The predicted molar refractivity (Wildman–Crippen MR) is 93.7 cm³/mol. The van der Waals surface area contributed by atoms with Gasteiger partial charge in [0.2, 0.25) is 0 Å². The van der Waals surface area contributed by atoms with Crippen LogP contribution in [0.15, 0.2) is 35.5 Å². The molecule has 26 heavy (non-hydrogen) atoms. The summed E-state index contributed by atoms with van der Waals surface area (Å²) in [5.74, 6) is 2.08. The molecule has 6 heteroatoms. The molecule has 2 saturated carbocycles. The lowest BCUT2D eigenvalue weighted by Gasteiger charge is -2.37. The number of benzene rings is 1. The van der Waals surface area contributed by atoms with Crippen LogP contribution in [0.1, 0.15) is 12.0 Å². The highest BCUT2D eigenvalue weighted by Gasteiger charge is 2.67. The molecule has 134 valence electrons. The first-order valence-electron chi connectivity index (χ1n) is 8.96. The van der Waals surface area contributed by atoms with Crippen LogP contribution in [0.3, 0.4) is 0 Å². The van der Waals surface area contributed by atoms with Gasteiger partial charge in [-0.3, -0.25) is 9.59 Å². The molecule has 2 amide bonds. The number of nitrogens with zero attached hydrogens (tertiary/aromatic N) is 2. The van der Waals surface area contributed by atoms with Crippen LogP contribution < -0.4 is 9.47 Å². The van der Waals surface area contributed by atoms with Gasteiger partial charge in [-0.2, -0.15) is 10.1 Å². The predicted octanol–water partition coefficient (Wildman–Crippen LogP) is 2.09. The molecule has 0 radical (unpaired) electrons. The molecule has 3 fully saturated rings. The van der Waals surface area contributed by atoms with E-state index in [-0.39, 0.29) is 35.5 Å². The average molecular weight is 352 g/mol. The monoisotopic (exact) mass is 352 g/mol. The Morgan fingerprint density at radius 3 is 2.27 bits per heavy atom. The summed E-state index contributed by atoms with van der Waals surface area (Å²) in [5.41, 5.74) is 0.688. The van der Waals surface area contributed by atoms with E-state index in [0.29, 0.717) is 28.9 Å². The second kappa shape index (κ2) is 5.43. The molecule has 6 nitrogen and oxygen atoms in total. The topological polar surface area (TPSA) is 68.2 Å². The van der Waals surface area contributed by atoms with E-state index in [1.165, 1.54) is 6.21 Å². The number of rotatable bonds is 4. The van der Waals surface area contributed by atoms with E-state index in [1.54, 1.807) is 32.4 Å². The highest BCUT2D eigenvalue weighted by Crippen LogP contribution is 2.65. The van der Waals surface area contributed by atoms with Crippen molar-refractivity contribution in [3.8, 4) is 11.5 Å². The molecule has 0 N–H and O–H groups in total. The maximum Gasteiger partial charge on any atom is 0.254 e. The Labute approximate surface area is 151 Å². The first-order valence-corrected chi connectivity index (χ1v) is 8.96. The van der Waals surface area contributed by atoms with Crippen molar-refractivity contribution in [3.05, 3.63) is 35.9 Å². The molecule has 1 saturated heterocycles. The molecule has 0 aromatic heterocycles. The van der Waals surface area contributed by atoms with Crippen LogP contribution in [0.4, 0.5) is 0 Å². The average Bonchev–Trinajstić information content (AvgIpc) is 3.45. The summed E-state index contributed by atoms with van der Waals surface area (Å²) in [4.78, 5) is 25.8. The SMILES string of the molecule is COc1ccc(/C=N\N2C(=O)[C@@H]3[C@H]4C=C[C@@H]([C@@H]5C[C@H]45)[C@@H]3C2=O)c(OC)c1. The molecule has 5 aliphatic rings. The highest BCUT2D eigenvalue weighted by atomic mass is 16.5. The number of hydrogen-bond donors (Lipinski definition) is 0. The smallest absolute Gasteiger partial charge is 0.254 e.